The normalized spacial score (nSPS) is 11.4. The predicted octanol–water partition coefficient (Wildman–Crippen LogP) is 5.64. The molecule has 3 aromatic carbocycles. The van der Waals surface area contributed by atoms with Gasteiger partial charge in [-0.25, -0.2) is 15.4 Å². The van der Waals surface area contributed by atoms with Crippen molar-refractivity contribution in [3.63, 3.8) is 0 Å². The lowest BCUT2D eigenvalue weighted by molar-refractivity contribution is 0.340. The molecule has 7 nitrogen and oxygen atoms in total. The summed E-state index contributed by atoms with van der Waals surface area (Å²) < 4.78 is 5.50. The van der Waals surface area contributed by atoms with Crippen molar-refractivity contribution in [2.24, 2.45) is 5.10 Å². The van der Waals surface area contributed by atoms with Gasteiger partial charge in [0.2, 0.25) is 5.95 Å². The molecule has 5 aromatic rings. The summed E-state index contributed by atoms with van der Waals surface area (Å²) in [6, 6.07) is 22.6. The summed E-state index contributed by atoms with van der Waals surface area (Å²) in [4.78, 5) is 24.6. The topological polar surface area (TPSA) is 92.3 Å². The van der Waals surface area contributed by atoms with Crippen LogP contribution in [0.15, 0.2) is 82.7 Å². The van der Waals surface area contributed by atoms with Crippen LogP contribution < -0.4 is 15.7 Å². The minimum atomic E-state index is -0.259. The number of pyridine rings is 1. The van der Waals surface area contributed by atoms with E-state index < -0.39 is 0 Å². The highest BCUT2D eigenvalue weighted by Crippen LogP contribution is 2.29. The monoisotopic (exact) mass is 469 g/mol. The van der Waals surface area contributed by atoms with E-state index in [4.69, 9.17) is 16.3 Å². The zero-order valence-corrected chi connectivity index (χ0v) is 19.0. The van der Waals surface area contributed by atoms with Gasteiger partial charge in [-0.05, 0) is 48.7 Å². The van der Waals surface area contributed by atoms with Crippen LogP contribution in [0.2, 0.25) is 5.02 Å². The number of rotatable bonds is 6. The second-order valence-electron chi connectivity index (χ2n) is 7.53. The maximum atomic E-state index is 12.5. The molecular weight excluding hydrogens is 450 g/mol. The lowest BCUT2D eigenvalue weighted by Crippen LogP contribution is -2.12. The third kappa shape index (κ3) is 4.46. The van der Waals surface area contributed by atoms with Crippen LogP contribution in [0.5, 0.6) is 5.75 Å². The van der Waals surface area contributed by atoms with Crippen LogP contribution in [0, 0.1) is 0 Å². The third-order valence-electron chi connectivity index (χ3n) is 5.23. The summed E-state index contributed by atoms with van der Waals surface area (Å²) in [6.45, 7) is 2.47. The molecule has 5 rings (SSSR count). The quantitative estimate of drug-likeness (QED) is 0.248. The Morgan fingerprint density at radius 3 is 2.74 bits per heavy atom. The predicted molar refractivity (Wildman–Crippen MR) is 137 cm³/mol. The first-order valence-electron chi connectivity index (χ1n) is 10.7. The second kappa shape index (κ2) is 9.33. The third-order valence-corrected chi connectivity index (χ3v) is 5.47. The Kier molecular flexibility index (Phi) is 5.93. The first-order valence-corrected chi connectivity index (χ1v) is 11.1. The van der Waals surface area contributed by atoms with E-state index >= 15 is 0 Å². The van der Waals surface area contributed by atoms with Crippen molar-refractivity contribution < 1.29 is 4.74 Å². The molecule has 2 N–H and O–H groups in total. The van der Waals surface area contributed by atoms with Gasteiger partial charge in [-0.1, -0.05) is 41.9 Å². The van der Waals surface area contributed by atoms with Crippen LogP contribution >= 0.6 is 11.6 Å². The van der Waals surface area contributed by atoms with E-state index in [0.717, 1.165) is 27.5 Å². The van der Waals surface area contributed by atoms with Gasteiger partial charge in [-0.3, -0.25) is 4.79 Å². The summed E-state index contributed by atoms with van der Waals surface area (Å²) in [7, 11) is 0. The number of H-pyrrole nitrogens is 1. The summed E-state index contributed by atoms with van der Waals surface area (Å²) in [5.41, 5.74) is 6.09. The Hall–Kier alpha value is -4.23. The van der Waals surface area contributed by atoms with Gasteiger partial charge in [-0.2, -0.15) is 5.10 Å². The van der Waals surface area contributed by atoms with Crippen LogP contribution in [0.4, 0.5) is 5.95 Å². The number of hydrazone groups is 1. The van der Waals surface area contributed by atoms with Crippen molar-refractivity contribution in [3.05, 3.63) is 93.7 Å². The van der Waals surface area contributed by atoms with Crippen molar-refractivity contribution in [3.8, 4) is 17.0 Å². The molecule has 168 valence electrons. The summed E-state index contributed by atoms with van der Waals surface area (Å²) in [6.07, 6.45) is 1.45. The fraction of sp³-hybridized carbons (Fsp3) is 0.0769. The Balaban J connectivity index is 1.47. The van der Waals surface area contributed by atoms with E-state index in [2.05, 4.69) is 25.5 Å². The summed E-state index contributed by atoms with van der Waals surface area (Å²) in [5.74, 6) is 1.01. The molecule has 2 aromatic heterocycles. The molecule has 0 unspecified atom stereocenters. The number of nitrogens with one attached hydrogen (secondary N) is 2. The SMILES string of the molecule is CCOc1ccc2cc(/C=N/Nc3nc(-c4ccccc4)c4cc(Cl)ccc4n3)c(=O)[nH]c2c1. The van der Waals surface area contributed by atoms with Crippen LogP contribution in [0.25, 0.3) is 33.1 Å². The minimum Gasteiger partial charge on any atom is -0.494 e. The molecule has 0 saturated heterocycles. The van der Waals surface area contributed by atoms with Gasteiger partial charge in [0.15, 0.2) is 0 Å². The highest BCUT2D eigenvalue weighted by molar-refractivity contribution is 6.31. The van der Waals surface area contributed by atoms with Gasteiger partial charge in [0.1, 0.15) is 5.75 Å². The average Bonchev–Trinajstić information content (AvgIpc) is 2.85. The molecule has 34 heavy (non-hydrogen) atoms. The Bertz CT molecular complexity index is 1580. The number of aromatic amines is 1. The smallest absolute Gasteiger partial charge is 0.257 e. The number of fused-ring (bicyclic) bond motifs is 2. The molecule has 0 aliphatic carbocycles. The van der Waals surface area contributed by atoms with Gasteiger partial charge in [-0.15, -0.1) is 0 Å². The number of hydrogen-bond donors (Lipinski definition) is 2. The molecule has 0 fully saturated rings. The van der Waals surface area contributed by atoms with Crippen LogP contribution in [-0.4, -0.2) is 27.8 Å². The Morgan fingerprint density at radius 2 is 1.91 bits per heavy atom. The van der Waals surface area contributed by atoms with E-state index in [-0.39, 0.29) is 5.56 Å². The highest BCUT2D eigenvalue weighted by atomic mass is 35.5. The molecule has 0 aliphatic rings. The molecule has 2 heterocycles. The van der Waals surface area contributed by atoms with Crippen molar-refractivity contribution in [1.82, 2.24) is 15.0 Å². The van der Waals surface area contributed by atoms with E-state index in [1.165, 1.54) is 6.21 Å². The van der Waals surface area contributed by atoms with E-state index in [0.29, 0.717) is 34.4 Å². The van der Waals surface area contributed by atoms with Crippen LogP contribution in [0.3, 0.4) is 0 Å². The average molecular weight is 470 g/mol. The molecule has 0 amide bonds. The fourth-order valence-electron chi connectivity index (χ4n) is 3.68. The number of nitrogens with zero attached hydrogens (tertiary/aromatic N) is 3. The molecule has 0 spiro atoms. The second-order valence-corrected chi connectivity index (χ2v) is 7.97. The van der Waals surface area contributed by atoms with Crippen molar-refractivity contribution in [2.75, 3.05) is 12.0 Å². The zero-order valence-electron chi connectivity index (χ0n) is 18.2. The number of aromatic nitrogens is 3. The molecule has 8 heteroatoms. The zero-order chi connectivity index (χ0) is 23.5. The summed E-state index contributed by atoms with van der Waals surface area (Å²) >= 11 is 6.22. The fourth-order valence-corrected chi connectivity index (χ4v) is 3.85. The minimum absolute atomic E-state index is 0.259. The molecular formula is C26H20ClN5O2. The Labute approximate surface area is 200 Å². The van der Waals surface area contributed by atoms with Crippen LogP contribution in [-0.2, 0) is 0 Å². The number of anilines is 1. The lowest BCUT2D eigenvalue weighted by Gasteiger charge is -2.09. The standard InChI is InChI=1S/C26H20ClN5O2/c1-2-34-20-10-8-17-12-18(25(33)29-23(17)14-20)15-28-32-26-30-22-11-9-19(27)13-21(22)24(31-26)16-6-4-3-5-7-16/h3-15H,2H2,1H3,(H,29,33)(H,30,31,32)/b28-15+. The van der Waals surface area contributed by atoms with E-state index in [1.54, 1.807) is 18.2 Å². The molecule has 0 saturated carbocycles. The largest absolute Gasteiger partial charge is 0.494 e. The highest BCUT2D eigenvalue weighted by Gasteiger charge is 2.10. The van der Waals surface area contributed by atoms with Crippen LogP contribution in [0.1, 0.15) is 12.5 Å². The summed E-state index contributed by atoms with van der Waals surface area (Å²) in [5, 5.41) is 6.53. The maximum Gasteiger partial charge on any atom is 0.257 e. The molecule has 0 atom stereocenters. The van der Waals surface area contributed by atoms with Gasteiger partial charge in [0.25, 0.3) is 5.56 Å². The Morgan fingerprint density at radius 1 is 1.06 bits per heavy atom. The maximum absolute atomic E-state index is 12.5. The van der Waals surface area contributed by atoms with E-state index in [1.807, 2.05) is 61.5 Å². The van der Waals surface area contributed by atoms with Crippen molar-refractivity contribution >= 4 is 45.6 Å². The lowest BCUT2D eigenvalue weighted by atomic mass is 10.1. The molecule has 0 bridgehead atoms. The first-order chi connectivity index (χ1) is 16.6. The number of halogens is 1. The number of hydrogen-bond acceptors (Lipinski definition) is 6. The number of ether oxygens (including phenoxy) is 1. The van der Waals surface area contributed by atoms with Crippen molar-refractivity contribution in [2.45, 2.75) is 6.92 Å². The van der Waals surface area contributed by atoms with Gasteiger partial charge < -0.3 is 9.72 Å². The van der Waals surface area contributed by atoms with Gasteiger partial charge in [0, 0.05) is 22.0 Å². The van der Waals surface area contributed by atoms with Gasteiger partial charge in [0.05, 0.1) is 35.1 Å². The molecule has 0 radical (unpaired) electrons. The van der Waals surface area contributed by atoms with Crippen molar-refractivity contribution in [1.29, 1.82) is 0 Å². The van der Waals surface area contributed by atoms with E-state index in [9.17, 15) is 4.79 Å². The molecule has 0 aliphatic heterocycles. The van der Waals surface area contributed by atoms with Gasteiger partial charge >= 0.3 is 0 Å². The first kappa shape index (κ1) is 21.6. The number of benzene rings is 3.